The molecule has 28 heavy (non-hydrogen) atoms. The highest BCUT2D eigenvalue weighted by molar-refractivity contribution is 5.82. The molecular formula is C19H21F2N5O2. The summed E-state index contributed by atoms with van der Waals surface area (Å²) < 4.78 is 35.2. The summed E-state index contributed by atoms with van der Waals surface area (Å²) in [7, 11) is 3.26. The second-order valence-corrected chi connectivity index (χ2v) is 7.03. The van der Waals surface area contributed by atoms with Gasteiger partial charge in [0, 0.05) is 43.9 Å². The number of anilines is 1. The topological polar surface area (TPSA) is 74.9 Å². The van der Waals surface area contributed by atoms with Gasteiger partial charge in [0.1, 0.15) is 29.2 Å². The molecule has 0 aliphatic carbocycles. The largest absolute Gasteiger partial charge is 0.507 e. The number of hydrogen-bond donors (Lipinski definition) is 2. The normalized spacial score (nSPS) is 20.4. The van der Waals surface area contributed by atoms with Crippen molar-refractivity contribution in [2.24, 2.45) is 0 Å². The monoisotopic (exact) mass is 389 g/mol. The van der Waals surface area contributed by atoms with Crippen LogP contribution in [0.5, 0.6) is 11.5 Å². The van der Waals surface area contributed by atoms with Crippen molar-refractivity contribution in [3.63, 3.8) is 0 Å². The fourth-order valence-corrected chi connectivity index (χ4v) is 3.69. The van der Waals surface area contributed by atoms with Crippen LogP contribution in [0.15, 0.2) is 30.5 Å². The number of nitrogens with zero attached hydrogens (tertiary/aromatic N) is 4. The Labute approximate surface area is 160 Å². The average molecular weight is 389 g/mol. The quantitative estimate of drug-likeness (QED) is 0.715. The smallest absolute Gasteiger partial charge is 0.228 e. The molecule has 0 unspecified atom stereocenters. The number of benzene rings is 1. The number of phenolic OH excluding ortho intramolecular Hbond substituents is 1. The van der Waals surface area contributed by atoms with E-state index in [0.717, 1.165) is 0 Å². The molecule has 1 saturated heterocycles. The van der Waals surface area contributed by atoms with Gasteiger partial charge in [-0.25, -0.2) is 8.78 Å². The minimum absolute atomic E-state index is 0.0511. The van der Waals surface area contributed by atoms with Gasteiger partial charge in [-0.15, -0.1) is 10.2 Å². The van der Waals surface area contributed by atoms with Crippen molar-refractivity contribution in [1.29, 1.82) is 0 Å². The Morgan fingerprint density at radius 3 is 2.82 bits per heavy atom. The van der Waals surface area contributed by atoms with E-state index in [1.165, 1.54) is 19.2 Å². The van der Waals surface area contributed by atoms with E-state index >= 15 is 0 Å². The number of alkyl halides is 1. The molecule has 0 saturated carbocycles. The van der Waals surface area contributed by atoms with Crippen molar-refractivity contribution in [2.45, 2.75) is 18.6 Å². The lowest BCUT2D eigenvalue weighted by Gasteiger charge is -2.32. The number of ether oxygens (including phenoxy) is 1. The number of fused-ring (bicyclic) bond motifs is 1. The van der Waals surface area contributed by atoms with Crippen LogP contribution in [0.3, 0.4) is 0 Å². The number of aromatic hydroxyl groups is 1. The number of likely N-dealkylation sites (tertiary alicyclic amines) is 1. The van der Waals surface area contributed by atoms with Gasteiger partial charge >= 0.3 is 0 Å². The standard InChI is InChI=1S/C19H21F2N5O2/c1-25-9-11(20)6-12(10-25)22-19-24-23-18(15-4-3-5-26(15)19)17-14(21)7-13(28-2)8-16(17)27/h3-5,7-8,11-12,27H,6,9-10H2,1-2H3,(H,22,24)/t11-,12-/m1/s1. The Morgan fingerprint density at radius 2 is 2.11 bits per heavy atom. The van der Waals surface area contributed by atoms with Crippen LogP contribution in [0.4, 0.5) is 14.7 Å². The third kappa shape index (κ3) is 3.33. The number of methoxy groups -OCH3 is 1. The molecule has 1 aliphatic heterocycles. The number of nitrogens with one attached hydrogen (secondary N) is 1. The molecule has 2 atom stereocenters. The van der Waals surface area contributed by atoms with E-state index in [4.69, 9.17) is 4.74 Å². The molecule has 4 rings (SSSR count). The van der Waals surface area contributed by atoms with E-state index in [-0.39, 0.29) is 28.8 Å². The number of hydrogen-bond acceptors (Lipinski definition) is 6. The van der Waals surface area contributed by atoms with Gasteiger partial charge in [0.15, 0.2) is 0 Å². The summed E-state index contributed by atoms with van der Waals surface area (Å²) in [5.41, 5.74) is 0.722. The van der Waals surface area contributed by atoms with E-state index < -0.39 is 12.0 Å². The fraction of sp³-hybridized carbons (Fsp3) is 0.368. The summed E-state index contributed by atoms with van der Waals surface area (Å²) >= 11 is 0. The first-order chi connectivity index (χ1) is 13.5. The van der Waals surface area contributed by atoms with Crippen LogP contribution in [0, 0.1) is 5.82 Å². The zero-order valence-electron chi connectivity index (χ0n) is 15.6. The zero-order chi connectivity index (χ0) is 19.8. The highest BCUT2D eigenvalue weighted by Gasteiger charge is 2.26. The number of halogens is 2. The van der Waals surface area contributed by atoms with Gasteiger partial charge in [-0.2, -0.15) is 0 Å². The molecule has 1 aromatic carbocycles. The maximum Gasteiger partial charge on any atom is 0.228 e. The molecule has 3 aromatic rings. The van der Waals surface area contributed by atoms with Gasteiger partial charge in [0.05, 0.1) is 18.2 Å². The maximum atomic E-state index is 14.6. The summed E-state index contributed by atoms with van der Waals surface area (Å²) in [4.78, 5) is 1.92. The summed E-state index contributed by atoms with van der Waals surface area (Å²) in [6.07, 6.45) is 1.23. The second-order valence-electron chi connectivity index (χ2n) is 7.03. The SMILES string of the molecule is COc1cc(O)c(-c2nnc(N[C@@H]3C[C@@H](F)CN(C)C3)n3cccc23)c(F)c1. The number of phenols is 1. The van der Waals surface area contributed by atoms with E-state index in [0.29, 0.717) is 31.0 Å². The van der Waals surface area contributed by atoms with Crippen molar-refractivity contribution < 1.29 is 18.6 Å². The minimum Gasteiger partial charge on any atom is -0.507 e. The molecule has 148 valence electrons. The number of likely N-dealkylation sites (N-methyl/N-ethyl adjacent to an activating group) is 1. The predicted octanol–water partition coefficient (Wildman–Crippen LogP) is 2.70. The van der Waals surface area contributed by atoms with Crippen LogP contribution in [-0.2, 0) is 0 Å². The lowest BCUT2D eigenvalue weighted by Crippen LogP contribution is -2.45. The predicted molar refractivity (Wildman–Crippen MR) is 101 cm³/mol. The van der Waals surface area contributed by atoms with Crippen LogP contribution in [-0.4, -0.2) is 64.1 Å². The Kier molecular flexibility index (Phi) is 4.76. The first-order valence-electron chi connectivity index (χ1n) is 8.96. The van der Waals surface area contributed by atoms with Crippen LogP contribution in [0.25, 0.3) is 16.8 Å². The van der Waals surface area contributed by atoms with Crippen molar-refractivity contribution in [1.82, 2.24) is 19.5 Å². The number of aromatic nitrogens is 3. The lowest BCUT2D eigenvalue weighted by atomic mass is 10.1. The summed E-state index contributed by atoms with van der Waals surface area (Å²) in [5, 5.41) is 21.8. The minimum atomic E-state index is -0.908. The van der Waals surface area contributed by atoms with Crippen molar-refractivity contribution >= 4 is 11.5 Å². The first kappa shape index (κ1) is 18.4. The summed E-state index contributed by atoms with van der Waals surface area (Å²) in [6, 6.07) is 5.91. The Morgan fingerprint density at radius 1 is 1.29 bits per heavy atom. The van der Waals surface area contributed by atoms with Gasteiger partial charge in [0.2, 0.25) is 5.95 Å². The molecule has 3 heterocycles. The van der Waals surface area contributed by atoms with Crippen LogP contribution >= 0.6 is 0 Å². The summed E-state index contributed by atoms with van der Waals surface area (Å²) in [6.45, 7) is 1.10. The van der Waals surface area contributed by atoms with Gasteiger partial charge in [-0.05, 0) is 19.2 Å². The van der Waals surface area contributed by atoms with E-state index in [1.807, 2.05) is 11.9 Å². The van der Waals surface area contributed by atoms with Crippen LogP contribution in [0.2, 0.25) is 0 Å². The molecule has 0 spiro atoms. The Balaban J connectivity index is 1.73. The molecule has 0 bridgehead atoms. The molecule has 2 N–H and O–H groups in total. The molecule has 1 aliphatic rings. The lowest BCUT2D eigenvalue weighted by molar-refractivity contribution is 0.153. The Hall–Kier alpha value is -2.94. The zero-order valence-corrected chi connectivity index (χ0v) is 15.6. The summed E-state index contributed by atoms with van der Waals surface area (Å²) in [5.74, 6) is -0.309. The van der Waals surface area contributed by atoms with Crippen molar-refractivity contribution in [3.8, 4) is 22.8 Å². The fourth-order valence-electron chi connectivity index (χ4n) is 3.69. The van der Waals surface area contributed by atoms with Crippen LogP contribution < -0.4 is 10.1 Å². The van der Waals surface area contributed by atoms with E-state index in [9.17, 15) is 13.9 Å². The van der Waals surface area contributed by atoms with Gasteiger partial charge in [-0.1, -0.05) is 0 Å². The number of rotatable bonds is 4. The van der Waals surface area contributed by atoms with Crippen molar-refractivity contribution in [2.75, 3.05) is 32.6 Å². The second kappa shape index (κ2) is 7.23. The third-order valence-corrected chi connectivity index (χ3v) is 4.90. The highest BCUT2D eigenvalue weighted by atomic mass is 19.1. The Bertz CT molecular complexity index is 976. The molecule has 2 aromatic heterocycles. The van der Waals surface area contributed by atoms with Gasteiger partial charge < -0.3 is 20.1 Å². The first-order valence-corrected chi connectivity index (χ1v) is 8.96. The molecule has 0 amide bonds. The number of piperidine rings is 1. The molecular weight excluding hydrogens is 368 g/mol. The van der Waals surface area contributed by atoms with E-state index in [1.54, 1.807) is 22.7 Å². The van der Waals surface area contributed by atoms with Gasteiger partial charge in [0.25, 0.3) is 0 Å². The average Bonchev–Trinajstić information content (AvgIpc) is 3.12. The van der Waals surface area contributed by atoms with Gasteiger partial charge in [-0.3, -0.25) is 4.40 Å². The molecule has 9 heteroatoms. The molecule has 1 fully saturated rings. The molecule has 0 radical (unpaired) electrons. The third-order valence-electron chi connectivity index (χ3n) is 4.90. The van der Waals surface area contributed by atoms with Crippen LogP contribution in [0.1, 0.15) is 6.42 Å². The maximum absolute atomic E-state index is 14.6. The highest BCUT2D eigenvalue weighted by Crippen LogP contribution is 2.36. The molecule has 7 nitrogen and oxygen atoms in total. The van der Waals surface area contributed by atoms with Crippen molar-refractivity contribution in [3.05, 3.63) is 36.3 Å². The van der Waals surface area contributed by atoms with E-state index in [2.05, 4.69) is 15.5 Å².